The average molecular weight is 423 g/mol. The molecule has 0 radical (unpaired) electrons. The summed E-state index contributed by atoms with van der Waals surface area (Å²) >= 11 is 1.62. The molecule has 5 rings (SSSR count). The molecule has 0 unspecified atom stereocenters. The number of aromatic nitrogens is 2. The first-order valence-corrected chi connectivity index (χ1v) is 11.2. The first kappa shape index (κ1) is 19.3. The Kier molecular flexibility index (Phi) is 5.58. The number of nitrogens with one attached hydrogen (secondary N) is 1. The van der Waals surface area contributed by atoms with Crippen molar-refractivity contribution in [2.45, 2.75) is 6.42 Å². The van der Waals surface area contributed by atoms with Crippen LogP contribution in [0.5, 0.6) is 0 Å². The van der Waals surface area contributed by atoms with Crippen molar-refractivity contribution in [3.63, 3.8) is 0 Å². The number of aromatic amines is 1. The van der Waals surface area contributed by atoms with Crippen molar-refractivity contribution in [3.8, 4) is 11.3 Å². The van der Waals surface area contributed by atoms with Gasteiger partial charge in [-0.15, -0.1) is 11.3 Å². The Morgan fingerprint density at radius 3 is 2.45 bits per heavy atom. The Balaban J connectivity index is 1.51. The molecule has 0 fully saturated rings. The van der Waals surface area contributed by atoms with Gasteiger partial charge < -0.3 is 4.98 Å². The largest absolute Gasteiger partial charge is 0.361 e. The first-order chi connectivity index (χ1) is 15.4. The fourth-order valence-corrected chi connectivity index (χ4v) is 4.44. The van der Waals surface area contributed by atoms with Crippen molar-refractivity contribution in [1.29, 1.82) is 0 Å². The summed E-state index contributed by atoms with van der Waals surface area (Å²) in [5.41, 5.74) is 5.62. The van der Waals surface area contributed by atoms with Crippen LogP contribution in [0.25, 0.3) is 22.2 Å². The number of nitrogens with zero attached hydrogens (tertiary/aromatic N) is 3. The molecule has 3 aromatic carbocycles. The third-order valence-corrected chi connectivity index (χ3v) is 6.03. The molecule has 0 atom stereocenters. The summed E-state index contributed by atoms with van der Waals surface area (Å²) in [4.78, 5) is 9.07. The van der Waals surface area contributed by atoms with Crippen molar-refractivity contribution < 1.29 is 0 Å². The second-order valence-corrected chi connectivity index (χ2v) is 8.07. The van der Waals surface area contributed by atoms with Gasteiger partial charge in [-0.25, -0.2) is 4.68 Å². The van der Waals surface area contributed by atoms with Gasteiger partial charge in [-0.2, -0.15) is 5.10 Å². The van der Waals surface area contributed by atoms with Gasteiger partial charge in [0.05, 0.1) is 11.9 Å². The van der Waals surface area contributed by atoms with Gasteiger partial charge in [0, 0.05) is 40.2 Å². The van der Waals surface area contributed by atoms with Crippen molar-refractivity contribution in [2.75, 3.05) is 6.54 Å². The number of H-pyrrole nitrogens is 1. The van der Waals surface area contributed by atoms with Crippen LogP contribution in [0.15, 0.2) is 107 Å². The lowest BCUT2D eigenvalue weighted by Crippen LogP contribution is -2.13. The number of hydrogen-bond donors (Lipinski definition) is 1. The minimum atomic E-state index is 0.724. The average Bonchev–Trinajstić information content (AvgIpc) is 3.43. The molecular weight excluding hydrogens is 400 g/mol. The van der Waals surface area contributed by atoms with Gasteiger partial charge in [-0.3, -0.25) is 4.99 Å². The number of rotatable bonds is 6. The van der Waals surface area contributed by atoms with E-state index < -0.39 is 0 Å². The second kappa shape index (κ2) is 8.98. The Hall–Kier alpha value is -3.70. The van der Waals surface area contributed by atoms with E-state index >= 15 is 0 Å². The Morgan fingerprint density at radius 1 is 0.871 bits per heavy atom. The van der Waals surface area contributed by atoms with Crippen LogP contribution in [-0.4, -0.2) is 22.4 Å². The van der Waals surface area contributed by atoms with E-state index in [1.807, 2.05) is 53.5 Å². The van der Waals surface area contributed by atoms with Crippen LogP contribution in [0.4, 0.5) is 0 Å². The minimum absolute atomic E-state index is 0.724. The summed E-state index contributed by atoms with van der Waals surface area (Å²) in [5.74, 6) is 0. The van der Waals surface area contributed by atoms with E-state index in [0.717, 1.165) is 45.5 Å². The van der Waals surface area contributed by atoms with Gasteiger partial charge in [0.2, 0.25) is 4.80 Å². The van der Waals surface area contributed by atoms with E-state index in [0.29, 0.717) is 0 Å². The molecule has 0 saturated carbocycles. The summed E-state index contributed by atoms with van der Waals surface area (Å²) in [5, 5.41) is 8.14. The van der Waals surface area contributed by atoms with Crippen LogP contribution in [0.3, 0.4) is 0 Å². The third kappa shape index (κ3) is 4.27. The Morgan fingerprint density at radius 2 is 1.61 bits per heavy atom. The van der Waals surface area contributed by atoms with E-state index in [2.05, 4.69) is 58.9 Å². The molecule has 0 spiro atoms. The lowest BCUT2D eigenvalue weighted by atomic mass is 10.2. The molecule has 0 amide bonds. The van der Waals surface area contributed by atoms with E-state index in [1.54, 1.807) is 11.3 Å². The van der Waals surface area contributed by atoms with Crippen molar-refractivity contribution in [3.05, 3.63) is 112 Å². The third-order valence-electron chi connectivity index (χ3n) is 5.18. The van der Waals surface area contributed by atoms with Crippen LogP contribution < -0.4 is 4.80 Å². The summed E-state index contributed by atoms with van der Waals surface area (Å²) < 4.78 is 1.95. The zero-order valence-corrected chi connectivity index (χ0v) is 17.8. The topological polar surface area (TPSA) is 45.4 Å². The monoisotopic (exact) mass is 422 g/mol. The van der Waals surface area contributed by atoms with Crippen LogP contribution in [-0.2, 0) is 6.42 Å². The zero-order chi connectivity index (χ0) is 20.9. The van der Waals surface area contributed by atoms with Gasteiger partial charge in [-0.05, 0) is 18.1 Å². The van der Waals surface area contributed by atoms with Crippen LogP contribution in [0.2, 0.25) is 0 Å². The van der Waals surface area contributed by atoms with E-state index in [4.69, 9.17) is 10.1 Å². The highest BCUT2D eigenvalue weighted by Crippen LogP contribution is 2.20. The maximum atomic E-state index is 4.87. The SMILES string of the molecule is C(=Nn1c(-c2ccccc2)csc1=NCCc1ccccc1)c1c[nH]c2ccccc12. The fourth-order valence-electron chi connectivity index (χ4n) is 3.57. The highest BCUT2D eigenvalue weighted by molar-refractivity contribution is 7.07. The predicted molar refractivity (Wildman–Crippen MR) is 130 cm³/mol. The molecule has 0 aliphatic rings. The molecule has 5 heteroatoms. The molecule has 0 aliphatic heterocycles. The molecule has 2 heterocycles. The molecule has 0 aliphatic carbocycles. The zero-order valence-electron chi connectivity index (χ0n) is 17.0. The first-order valence-electron chi connectivity index (χ1n) is 10.3. The Bertz CT molecular complexity index is 1380. The minimum Gasteiger partial charge on any atom is -0.361 e. The smallest absolute Gasteiger partial charge is 0.206 e. The van der Waals surface area contributed by atoms with E-state index in [-0.39, 0.29) is 0 Å². The summed E-state index contributed by atoms with van der Waals surface area (Å²) in [6.07, 6.45) is 4.81. The van der Waals surface area contributed by atoms with Gasteiger partial charge >= 0.3 is 0 Å². The van der Waals surface area contributed by atoms with Gasteiger partial charge in [0.15, 0.2) is 0 Å². The fraction of sp³-hybridized carbons (Fsp3) is 0.0769. The quantitative estimate of drug-likeness (QED) is 0.340. The number of para-hydroxylation sites is 1. The lowest BCUT2D eigenvalue weighted by Gasteiger charge is -2.03. The van der Waals surface area contributed by atoms with Crippen molar-refractivity contribution >= 4 is 28.5 Å². The van der Waals surface area contributed by atoms with Gasteiger partial charge in [-0.1, -0.05) is 78.9 Å². The number of thiazole rings is 1. The Labute approximate surface area is 184 Å². The lowest BCUT2D eigenvalue weighted by molar-refractivity contribution is 0.816. The predicted octanol–water partition coefficient (Wildman–Crippen LogP) is 5.72. The highest BCUT2D eigenvalue weighted by Gasteiger charge is 2.07. The maximum absolute atomic E-state index is 4.87. The molecule has 4 nitrogen and oxygen atoms in total. The highest BCUT2D eigenvalue weighted by atomic mass is 32.1. The van der Waals surface area contributed by atoms with Crippen molar-refractivity contribution in [1.82, 2.24) is 9.66 Å². The molecule has 5 aromatic rings. The van der Waals surface area contributed by atoms with Crippen LogP contribution in [0, 0.1) is 0 Å². The molecular formula is C26H22N4S. The molecule has 0 saturated heterocycles. The summed E-state index contributed by atoms with van der Waals surface area (Å²) in [6, 6.07) is 29.1. The molecule has 1 N–H and O–H groups in total. The summed E-state index contributed by atoms with van der Waals surface area (Å²) in [6.45, 7) is 0.724. The number of hydrogen-bond acceptors (Lipinski definition) is 3. The molecule has 2 aromatic heterocycles. The maximum Gasteiger partial charge on any atom is 0.206 e. The van der Waals surface area contributed by atoms with Crippen LogP contribution >= 0.6 is 11.3 Å². The molecule has 31 heavy (non-hydrogen) atoms. The van der Waals surface area contributed by atoms with Gasteiger partial charge in [0.1, 0.15) is 0 Å². The van der Waals surface area contributed by atoms with Gasteiger partial charge in [0.25, 0.3) is 0 Å². The number of benzene rings is 3. The molecule has 0 bridgehead atoms. The second-order valence-electron chi connectivity index (χ2n) is 7.23. The summed E-state index contributed by atoms with van der Waals surface area (Å²) in [7, 11) is 0. The number of fused-ring (bicyclic) bond motifs is 1. The van der Waals surface area contributed by atoms with Crippen molar-refractivity contribution in [2.24, 2.45) is 10.1 Å². The van der Waals surface area contributed by atoms with Crippen LogP contribution in [0.1, 0.15) is 11.1 Å². The van der Waals surface area contributed by atoms with E-state index in [9.17, 15) is 0 Å². The normalized spacial score (nSPS) is 12.2. The van der Waals surface area contributed by atoms with E-state index in [1.165, 1.54) is 5.56 Å². The molecule has 152 valence electrons. The standard InChI is InChI=1S/C26H22N4S/c1-3-9-20(10-4-1)15-16-27-26-30(25(19-31-26)21-11-5-2-6-12-21)29-18-22-17-28-24-14-8-7-13-23(22)24/h1-14,17-19,28H,15-16H2.